The first-order valence-corrected chi connectivity index (χ1v) is 7.00. The fourth-order valence-corrected chi connectivity index (χ4v) is 2.15. The third-order valence-corrected chi connectivity index (χ3v) is 3.54. The molecule has 100 valence electrons. The summed E-state index contributed by atoms with van der Waals surface area (Å²) >= 11 is 9.17. The van der Waals surface area contributed by atoms with E-state index in [4.69, 9.17) is 11.6 Å². The Kier molecular flexibility index (Phi) is 4.71. The van der Waals surface area contributed by atoms with E-state index in [2.05, 4.69) is 31.2 Å². The molecule has 2 aromatic rings. The van der Waals surface area contributed by atoms with Crippen molar-refractivity contribution in [2.24, 2.45) is 0 Å². The van der Waals surface area contributed by atoms with Crippen molar-refractivity contribution in [1.82, 2.24) is 9.97 Å². The first-order chi connectivity index (χ1) is 9.11. The normalized spacial score (nSPS) is 10.5. The third kappa shape index (κ3) is 3.42. The summed E-state index contributed by atoms with van der Waals surface area (Å²) in [6.45, 7) is 2.05. The van der Waals surface area contributed by atoms with Crippen molar-refractivity contribution in [2.75, 3.05) is 5.32 Å². The number of hydrogen-bond acceptors (Lipinski definition) is 3. The molecule has 0 spiro atoms. The molecule has 0 bridgehead atoms. The molecular formula is C13H12BrClFN3. The second-order valence-electron chi connectivity index (χ2n) is 4.00. The lowest BCUT2D eigenvalue weighted by Gasteiger charge is -2.11. The van der Waals surface area contributed by atoms with E-state index in [1.807, 2.05) is 6.92 Å². The van der Waals surface area contributed by atoms with Crippen LogP contribution in [0.25, 0.3) is 0 Å². The SMILES string of the molecule is CCCc1c(Cl)ncnc1Nc1ccc(Br)c(F)c1. The molecule has 0 unspecified atom stereocenters. The number of anilines is 2. The van der Waals surface area contributed by atoms with Crippen molar-refractivity contribution in [2.45, 2.75) is 19.8 Å². The monoisotopic (exact) mass is 343 g/mol. The topological polar surface area (TPSA) is 37.8 Å². The third-order valence-electron chi connectivity index (χ3n) is 2.58. The molecule has 1 aromatic carbocycles. The number of rotatable bonds is 4. The Morgan fingerprint density at radius 1 is 1.37 bits per heavy atom. The highest BCUT2D eigenvalue weighted by atomic mass is 79.9. The van der Waals surface area contributed by atoms with E-state index in [9.17, 15) is 4.39 Å². The summed E-state index contributed by atoms with van der Waals surface area (Å²) in [4.78, 5) is 8.13. The quantitative estimate of drug-likeness (QED) is 0.815. The summed E-state index contributed by atoms with van der Waals surface area (Å²) in [6, 6.07) is 4.80. The van der Waals surface area contributed by atoms with Crippen LogP contribution in [0.5, 0.6) is 0 Å². The lowest BCUT2D eigenvalue weighted by molar-refractivity contribution is 0.622. The van der Waals surface area contributed by atoms with Gasteiger partial charge in [0.1, 0.15) is 23.1 Å². The van der Waals surface area contributed by atoms with Crippen LogP contribution in [0.2, 0.25) is 5.15 Å². The molecule has 0 amide bonds. The van der Waals surface area contributed by atoms with Crippen LogP contribution in [0.4, 0.5) is 15.9 Å². The summed E-state index contributed by atoms with van der Waals surface area (Å²) in [7, 11) is 0. The van der Waals surface area contributed by atoms with Gasteiger partial charge in [0, 0.05) is 11.3 Å². The fraction of sp³-hybridized carbons (Fsp3) is 0.231. The number of halogens is 3. The highest BCUT2D eigenvalue weighted by Gasteiger charge is 2.10. The van der Waals surface area contributed by atoms with Gasteiger partial charge in [-0.15, -0.1) is 0 Å². The summed E-state index contributed by atoms with van der Waals surface area (Å²) in [6.07, 6.45) is 3.08. The molecule has 1 aromatic heterocycles. The number of nitrogens with zero attached hydrogens (tertiary/aromatic N) is 2. The number of benzene rings is 1. The Morgan fingerprint density at radius 2 is 2.16 bits per heavy atom. The average Bonchev–Trinajstić information content (AvgIpc) is 2.38. The first kappa shape index (κ1) is 14.2. The van der Waals surface area contributed by atoms with Gasteiger partial charge in [0.15, 0.2) is 0 Å². The number of nitrogens with one attached hydrogen (secondary N) is 1. The van der Waals surface area contributed by atoms with Gasteiger partial charge in [-0.2, -0.15) is 0 Å². The van der Waals surface area contributed by atoms with Crippen molar-refractivity contribution in [3.8, 4) is 0 Å². The zero-order valence-corrected chi connectivity index (χ0v) is 12.6. The smallest absolute Gasteiger partial charge is 0.139 e. The zero-order valence-electron chi connectivity index (χ0n) is 10.3. The summed E-state index contributed by atoms with van der Waals surface area (Å²) in [5, 5.41) is 3.50. The van der Waals surface area contributed by atoms with Crippen LogP contribution in [0, 0.1) is 5.82 Å². The van der Waals surface area contributed by atoms with Gasteiger partial charge in [0.2, 0.25) is 0 Å². The van der Waals surface area contributed by atoms with Gasteiger partial charge < -0.3 is 5.32 Å². The molecule has 0 fully saturated rings. The molecule has 1 N–H and O–H groups in total. The molecule has 0 aliphatic heterocycles. The standard InChI is InChI=1S/C13H12BrClFN3/c1-2-3-9-12(15)17-7-18-13(9)19-8-4-5-10(14)11(16)6-8/h4-7H,2-3H2,1H3,(H,17,18,19). The molecular weight excluding hydrogens is 333 g/mol. The van der Waals surface area contributed by atoms with E-state index >= 15 is 0 Å². The summed E-state index contributed by atoms with van der Waals surface area (Å²) < 4.78 is 13.9. The Labute approximate surface area is 124 Å². The molecule has 0 saturated carbocycles. The van der Waals surface area contributed by atoms with Crippen LogP contribution >= 0.6 is 27.5 Å². The molecule has 3 nitrogen and oxygen atoms in total. The van der Waals surface area contributed by atoms with Crippen molar-refractivity contribution < 1.29 is 4.39 Å². The number of aromatic nitrogens is 2. The minimum Gasteiger partial charge on any atom is -0.340 e. The largest absolute Gasteiger partial charge is 0.340 e. The highest BCUT2D eigenvalue weighted by molar-refractivity contribution is 9.10. The number of hydrogen-bond donors (Lipinski definition) is 1. The molecule has 0 atom stereocenters. The molecule has 0 aliphatic rings. The van der Waals surface area contributed by atoms with Crippen molar-refractivity contribution in [1.29, 1.82) is 0 Å². The Hall–Kier alpha value is -1.20. The predicted molar refractivity (Wildman–Crippen MR) is 78.4 cm³/mol. The Morgan fingerprint density at radius 3 is 2.84 bits per heavy atom. The van der Waals surface area contributed by atoms with Crippen LogP contribution in [-0.2, 0) is 6.42 Å². The minimum absolute atomic E-state index is 0.331. The maximum atomic E-state index is 13.5. The second kappa shape index (κ2) is 6.30. The molecule has 0 aliphatic carbocycles. The molecule has 6 heteroatoms. The van der Waals surface area contributed by atoms with Gasteiger partial charge in [0.05, 0.1) is 4.47 Å². The molecule has 2 rings (SSSR count). The van der Waals surface area contributed by atoms with E-state index in [1.54, 1.807) is 12.1 Å². The first-order valence-electron chi connectivity index (χ1n) is 5.83. The maximum absolute atomic E-state index is 13.5. The zero-order chi connectivity index (χ0) is 13.8. The fourth-order valence-electron chi connectivity index (χ4n) is 1.68. The Balaban J connectivity index is 2.32. The van der Waals surface area contributed by atoms with Gasteiger partial charge in [-0.05, 0) is 40.5 Å². The van der Waals surface area contributed by atoms with E-state index in [0.717, 1.165) is 18.4 Å². The van der Waals surface area contributed by atoms with Crippen LogP contribution in [0.1, 0.15) is 18.9 Å². The molecule has 0 radical (unpaired) electrons. The van der Waals surface area contributed by atoms with E-state index in [-0.39, 0.29) is 5.82 Å². The predicted octanol–water partition coefficient (Wildman–Crippen LogP) is 4.73. The molecule has 1 heterocycles. The maximum Gasteiger partial charge on any atom is 0.139 e. The van der Waals surface area contributed by atoms with Crippen LogP contribution in [0.3, 0.4) is 0 Å². The van der Waals surface area contributed by atoms with Gasteiger partial charge in [-0.25, -0.2) is 14.4 Å². The average molecular weight is 345 g/mol. The lowest BCUT2D eigenvalue weighted by Crippen LogP contribution is -2.01. The lowest BCUT2D eigenvalue weighted by atomic mass is 10.2. The van der Waals surface area contributed by atoms with Crippen molar-refractivity contribution in [3.63, 3.8) is 0 Å². The van der Waals surface area contributed by atoms with Crippen LogP contribution in [-0.4, -0.2) is 9.97 Å². The van der Waals surface area contributed by atoms with Crippen molar-refractivity contribution in [3.05, 3.63) is 45.5 Å². The van der Waals surface area contributed by atoms with Crippen LogP contribution in [0.15, 0.2) is 29.0 Å². The minimum atomic E-state index is -0.331. The van der Waals surface area contributed by atoms with E-state index < -0.39 is 0 Å². The molecule has 0 saturated heterocycles. The summed E-state index contributed by atoms with van der Waals surface area (Å²) in [5.41, 5.74) is 1.46. The van der Waals surface area contributed by atoms with Gasteiger partial charge in [-0.3, -0.25) is 0 Å². The highest BCUT2D eigenvalue weighted by Crippen LogP contribution is 2.26. The van der Waals surface area contributed by atoms with E-state index in [0.29, 0.717) is 21.1 Å². The van der Waals surface area contributed by atoms with Gasteiger partial charge in [0.25, 0.3) is 0 Å². The second-order valence-corrected chi connectivity index (χ2v) is 5.21. The van der Waals surface area contributed by atoms with Crippen LogP contribution < -0.4 is 5.32 Å². The van der Waals surface area contributed by atoms with E-state index in [1.165, 1.54) is 12.4 Å². The Bertz CT molecular complexity index is 592. The molecule has 19 heavy (non-hydrogen) atoms. The van der Waals surface area contributed by atoms with Crippen molar-refractivity contribution >= 4 is 39.0 Å². The van der Waals surface area contributed by atoms with Gasteiger partial charge >= 0.3 is 0 Å². The van der Waals surface area contributed by atoms with Gasteiger partial charge in [-0.1, -0.05) is 24.9 Å². The summed E-state index contributed by atoms with van der Waals surface area (Å²) in [5.74, 6) is 0.283.